The summed E-state index contributed by atoms with van der Waals surface area (Å²) < 4.78 is 22.4. The van der Waals surface area contributed by atoms with E-state index in [1.807, 2.05) is 0 Å². The number of carbonyl (C=O) groups excluding carboxylic acids is 1. The molecule has 1 aromatic heterocycles. The van der Waals surface area contributed by atoms with Crippen LogP contribution in [0.25, 0.3) is 6.08 Å². The van der Waals surface area contributed by atoms with Crippen molar-refractivity contribution in [2.24, 2.45) is 0 Å². The van der Waals surface area contributed by atoms with E-state index in [0.717, 1.165) is 0 Å². The first-order valence-electron chi connectivity index (χ1n) is 6.42. The van der Waals surface area contributed by atoms with Gasteiger partial charge in [-0.2, -0.15) is 0 Å². The molecule has 0 saturated heterocycles. The van der Waals surface area contributed by atoms with Gasteiger partial charge in [0.2, 0.25) is 0 Å². The molecule has 1 atom stereocenters. The Hall–Kier alpha value is -2.47. The summed E-state index contributed by atoms with van der Waals surface area (Å²) in [7, 11) is 1.35. The van der Waals surface area contributed by atoms with Crippen LogP contribution in [0.5, 0.6) is 5.75 Å². The fourth-order valence-electron chi connectivity index (χ4n) is 1.74. The lowest BCUT2D eigenvalue weighted by Crippen LogP contribution is -2.00. The van der Waals surface area contributed by atoms with Gasteiger partial charge in [0.15, 0.2) is 0 Å². The molecule has 114 valence electrons. The number of carbonyl (C=O) groups is 1. The first kappa shape index (κ1) is 15.9. The second-order valence-electron chi connectivity index (χ2n) is 4.20. The summed E-state index contributed by atoms with van der Waals surface area (Å²) in [4.78, 5) is 15.9. The van der Waals surface area contributed by atoms with Crippen molar-refractivity contribution in [2.45, 2.75) is 9.92 Å². The average molecular weight is 317 g/mol. The van der Waals surface area contributed by atoms with Gasteiger partial charge in [0, 0.05) is 12.3 Å². The number of nitrogens with zero attached hydrogens (tertiary/aromatic N) is 1. The molecule has 0 aliphatic heterocycles. The van der Waals surface area contributed by atoms with Crippen LogP contribution in [-0.4, -0.2) is 29.4 Å². The molecule has 5 nitrogen and oxygen atoms in total. The Labute approximate surface area is 131 Å². The number of esters is 1. The van der Waals surface area contributed by atoms with E-state index < -0.39 is 16.8 Å². The zero-order valence-electron chi connectivity index (χ0n) is 12.2. The van der Waals surface area contributed by atoms with E-state index in [0.29, 0.717) is 21.2 Å². The van der Waals surface area contributed by atoms with Crippen molar-refractivity contribution in [2.75, 3.05) is 14.2 Å². The predicted molar refractivity (Wildman–Crippen MR) is 83.0 cm³/mol. The zero-order valence-corrected chi connectivity index (χ0v) is 13.0. The Kier molecular flexibility index (Phi) is 5.43. The van der Waals surface area contributed by atoms with Crippen molar-refractivity contribution in [1.29, 1.82) is 0 Å². The lowest BCUT2D eigenvalue weighted by Gasteiger charge is -2.08. The predicted octanol–water partition coefficient (Wildman–Crippen LogP) is 2.44. The van der Waals surface area contributed by atoms with Gasteiger partial charge in [-0.15, -0.1) is 0 Å². The van der Waals surface area contributed by atoms with E-state index >= 15 is 0 Å². The second kappa shape index (κ2) is 7.51. The number of rotatable bonds is 5. The van der Waals surface area contributed by atoms with Crippen molar-refractivity contribution in [1.82, 2.24) is 4.98 Å². The number of ether oxygens (including phenoxy) is 2. The van der Waals surface area contributed by atoms with Crippen molar-refractivity contribution >= 4 is 22.8 Å². The SMILES string of the molecule is COC(=O)/C=C/c1ccc(OC)cc1S(=O)c1ccccn1. The summed E-state index contributed by atoms with van der Waals surface area (Å²) in [6, 6.07) is 10.3. The molecule has 6 heteroatoms. The lowest BCUT2D eigenvalue weighted by molar-refractivity contribution is -0.134. The van der Waals surface area contributed by atoms with Gasteiger partial charge in [-0.25, -0.2) is 14.0 Å². The molecule has 22 heavy (non-hydrogen) atoms. The second-order valence-corrected chi connectivity index (χ2v) is 5.59. The van der Waals surface area contributed by atoms with Crippen LogP contribution in [-0.2, 0) is 20.3 Å². The molecule has 0 radical (unpaired) electrons. The third-order valence-electron chi connectivity index (χ3n) is 2.85. The van der Waals surface area contributed by atoms with Gasteiger partial charge in [0.05, 0.1) is 19.1 Å². The number of methoxy groups -OCH3 is 2. The maximum atomic E-state index is 12.7. The van der Waals surface area contributed by atoms with E-state index in [1.54, 1.807) is 48.7 Å². The summed E-state index contributed by atoms with van der Waals surface area (Å²) in [5, 5.41) is 0.434. The zero-order chi connectivity index (χ0) is 15.9. The van der Waals surface area contributed by atoms with Gasteiger partial charge in [-0.3, -0.25) is 0 Å². The minimum Gasteiger partial charge on any atom is -0.497 e. The Bertz CT molecular complexity index is 713. The van der Waals surface area contributed by atoms with Crippen LogP contribution in [0.15, 0.2) is 58.6 Å². The van der Waals surface area contributed by atoms with Crippen molar-refractivity contribution in [3.63, 3.8) is 0 Å². The van der Waals surface area contributed by atoms with Crippen molar-refractivity contribution in [3.05, 3.63) is 54.2 Å². The highest BCUT2D eigenvalue weighted by Crippen LogP contribution is 2.25. The highest BCUT2D eigenvalue weighted by Gasteiger charge is 2.13. The molecule has 2 rings (SSSR count). The molecule has 0 bridgehead atoms. The van der Waals surface area contributed by atoms with Crippen LogP contribution >= 0.6 is 0 Å². The van der Waals surface area contributed by atoms with Crippen molar-refractivity contribution < 1.29 is 18.5 Å². The largest absolute Gasteiger partial charge is 0.497 e. The number of pyridine rings is 1. The summed E-state index contributed by atoms with van der Waals surface area (Å²) in [5.74, 6) is 0.0971. The van der Waals surface area contributed by atoms with E-state index in [9.17, 15) is 9.00 Å². The van der Waals surface area contributed by atoms with Crippen LogP contribution in [0, 0.1) is 0 Å². The maximum absolute atomic E-state index is 12.7. The third kappa shape index (κ3) is 3.79. The fourth-order valence-corrected chi connectivity index (χ4v) is 2.89. The molecule has 0 fully saturated rings. The molecule has 0 N–H and O–H groups in total. The first-order chi connectivity index (χ1) is 10.7. The third-order valence-corrected chi connectivity index (χ3v) is 4.22. The van der Waals surface area contributed by atoms with Gasteiger partial charge in [-0.1, -0.05) is 12.1 Å². The number of hydrogen-bond acceptors (Lipinski definition) is 5. The standard InChI is InChI=1S/C16H15NO4S/c1-20-13-8-6-12(7-9-16(18)21-2)14(11-13)22(19)15-5-3-4-10-17-15/h3-11H,1-2H3/b9-7+. The monoisotopic (exact) mass is 317 g/mol. The van der Waals surface area contributed by atoms with Gasteiger partial charge in [0.1, 0.15) is 21.6 Å². The van der Waals surface area contributed by atoms with Gasteiger partial charge in [0.25, 0.3) is 0 Å². The molecule has 1 heterocycles. The first-order valence-corrected chi connectivity index (χ1v) is 7.57. The molecule has 0 aliphatic rings. The smallest absolute Gasteiger partial charge is 0.330 e. The van der Waals surface area contributed by atoms with Crippen LogP contribution < -0.4 is 4.74 Å². The maximum Gasteiger partial charge on any atom is 0.330 e. The Morgan fingerprint density at radius 1 is 1.23 bits per heavy atom. The highest BCUT2D eigenvalue weighted by molar-refractivity contribution is 7.85. The Morgan fingerprint density at radius 2 is 2.05 bits per heavy atom. The molecule has 0 amide bonds. The number of hydrogen-bond donors (Lipinski definition) is 0. The van der Waals surface area contributed by atoms with Crippen molar-refractivity contribution in [3.8, 4) is 5.75 Å². The Balaban J connectivity index is 2.45. The van der Waals surface area contributed by atoms with Crippen LogP contribution in [0.1, 0.15) is 5.56 Å². The van der Waals surface area contributed by atoms with Crippen LogP contribution in [0.3, 0.4) is 0 Å². The van der Waals surface area contributed by atoms with Gasteiger partial charge < -0.3 is 9.47 Å². The molecular weight excluding hydrogens is 302 g/mol. The number of aromatic nitrogens is 1. The van der Waals surface area contributed by atoms with E-state index in [-0.39, 0.29) is 0 Å². The quantitative estimate of drug-likeness (QED) is 0.626. The minimum atomic E-state index is -1.48. The lowest BCUT2D eigenvalue weighted by atomic mass is 10.2. The molecule has 0 aliphatic carbocycles. The normalized spacial score (nSPS) is 12.1. The topological polar surface area (TPSA) is 65.5 Å². The van der Waals surface area contributed by atoms with E-state index in [2.05, 4.69) is 9.72 Å². The Morgan fingerprint density at radius 3 is 2.68 bits per heavy atom. The number of benzene rings is 1. The molecule has 1 unspecified atom stereocenters. The van der Waals surface area contributed by atoms with Gasteiger partial charge in [-0.05, 0) is 35.9 Å². The summed E-state index contributed by atoms with van der Waals surface area (Å²) in [5.41, 5.74) is 0.634. The highest BCUT2D eigenvalue weighted by atomic mass is 32.2. The fraction of sp³-hybridized carbons (Fsp3) is 0.125. The summed E-state index contributed by atoms with van der Waals surface area (Å²) in [6.45, 7) is 0. The summed E-state index contributed by atoms with van der Waals surface area (Å²) in [6.07, 6.45) is 4.42. The van der Waals surface area contributed by atoms with Crippen LogP contribution in [0.2, 0.25) is 0 Å². The van der Waals surface area contributed by atoms with E-state index in [4.69, 9.17) is 4.74 Å². The minimum absolute atomic E-state index is 0.434. The molecule has 2 aromatic rings. The average Bonchev–Trinajstić information content (AvgIpc) is 2.59. The molecule has 0 saturated carbocycles. The molecule has 0 spiro atoms. The van der Waals surface area contributed by atoms with Crippen LogP contribution in [0.4, 0.5) is 0 Å². The summed E-state index contributed by atoms with van der Waals surface area (Å²) >= 11 is 0. The van der Waals surface area contributed by atoms with Gasteiger partial charge >= 0.3 is 5.97 Å². The molecule has 1 aromatic carbocycles. The van der Waals surface area contributed by atoms with E-state index in [1.165, 1.54) is 20.3 Å². The molecular formula is C16H15NO4S.